The third kappa shape index (κ3) is 3.51. The Bertz CT molecular complexity index is 1180. The van der Waals surface area contributed by atoms with E-state index >= 15 is 0 Å². The Morgan fingerprint density at radius 1 is 0.900 bits per heavy atom. The van der Waals surface area contributed by atoms with Gasteiger partial charge in [-0.3, -0.25) is 9.69 Å². The number of thioether (sulfide) groups is 1. The van der Waals surface area contributed by atoms with Crippen molar-refractivity contribution in [3.63, 3.8) is 0 Å². The number of nitrogens with zero attached hydrogens (tertiary/aromatic N) is 1. The van der Waals surface area contributed by atoms with E-state index in [1.54, 1.807) is 44.4 Å². The topological polar surface area (TPSA) is 48.0 Å². The van der Waals surface area contributed by atoms with Crippen LogP contribution in [0.4, 0.5) is 5.69 Å². The molecule has 5 nitrogen and oxygen atoms in total. The molecule has 30 heavy (non-hydrogen) atoms. The predicted molar refractivity (Wildman–Crippen MR) is 126 cm³/mol. The van der Waals surface area contributed by atoms with Gasteiger partial charge in [0.05, 0.1) is 31.9 Å². The van der Waals surface area contributed by atoms with Gasteiger partial charge in [0.2, 0.25) is 0 Å². The number of benzene rings is 3. The van der Waals surface area contributed by atoms with Crippen molar-refractivity contribution in [3.8, 4) is 17.2 Å². The van der Waals surface area contributed by atoms with Crippen molar-refractivity contribution in [1.82, 2.24) is 0 Å². The molecule has 0 aromatic heterocycles. The molecule has 0 atom stereocenters. The molecule has 7 heteroatoms. The number of hydrogen-bond acceptors (Lipinski definition) is 6. The van der Waals surface area contributed by atoms with Crippen LogP contribution in [-0.2, 0) is 4.79 Å². The van der Waals surface area contributed by atoms with Crippen LogP contribution in [0.15, 0.2) is 59.5 Å². The molecular formula is C23H19NO4S2. The van der Waals surface area contributed by atoms with Crippen molar-refractivity contribution < 1.29 is 19.0 Å². The summed E-state index contributed by atoms with van der Waals surface area (Å²) in [6.45, 7) is 0. The van der Waals surface area contributed by atoms with Gasteiger partial charge in [0, 0.05) is 17.0 Å². The van der Waals surface area contributed by atoms with Crippen LogP contribution >= 0.6 is 24.0 Å². The summed E-state index contributed by atoms with van der Waals surface area (Å²) >= 11 is 6.82. The van der Waals surface area contributed by atoms with E-state index in [-0.39, 0.29) is 5.91 Å². The first-order chi connectivity index (χ1) is 14.6. The van der Waals surface area contributed by atoms with E-state index in [2.05, 4.69) is 0 Å². The van der Waals surface area contributed by atoms with Crippen molar-refractivity contribution in [2.45, 2.75) is 0 Å². The van der Waals surface area contributed by atoms with Gasteiger partial charge in [0.1, 0.15) is 5.75 Å². The lowest BCUT2D eigenvalue weighted by atomic mass is 10.1. The molecule has 0 radical (unpaired) electrons. The molecule has 4 rings (SSSR count). The average Bonchev–Trinajstić information content (AvgIpc) is 3.05. The van der Waals surface area contributed by atoms with E-state index < -0.39 is 0 Å². The lowest BCUT2D eigenvalue weighted by molar-refractivity contribution is -0.113. The smallest absolute Gasteiger partial charge is 0.270 e. The van der Waals surface area contributed by atoms with Crippen molar-refractivity contribution in [2.24, 2.45) is 0 Å². The molecule has 0 aliphatic carbocycles. The predicted octanol–water partition coefficient (Wildman–Crippen LogP) is 5.27. The molecule has 0 N–H and O–H groups in total. The van der Waals surface area contributed by atoms with Crippen LogP contribution in [0.5, 0.6) is 17.2 Å². The number of amides is 1. The van der Waals surface area contributed by atoms with E-state index in [4.69, 9.17) is 26.4 Å². The molecule has 3 aromatic rings. The summed E-state index contributed by atoms with van der Waals surface area (Å²) in [4.78, 5) is 15.4. The van der Waals surface area contributed by atoms with Gasteiger partial charge in [-0.2, -0.15) is 0 Å². The van der Waals surface area contributed by atoms with Crippen LogP contribution in [0, 0.1) is 0 Å². The SMILES string of the molecule is COc1cc(OC)c(OC)cc1/C=C1\SC(=S)N(c2cccc3ccccc23)C1=O. The molecule has 1 fully saturated rings. The number of hydrogen-bond donors (Lipinski definition) is 0. The molecule has 1 heterocycles. The highest BCUT2D eigenvalue weighted by atomic mass is 32.2. The second-order valence-electron chi connectivity index (χ2n) is 6.46. The minimum absolute atomic E-state index is 0.168. The fourth-order valence-electron chi connectivity index (χ4n) is 3.39. The number of fused-ring (bicyclic) bond motifs is 1. The van der Waals surface area contributed by atoms with Gasteiger partial charge in [0.25, 0.3) is 5.91 Å². The average molecular weight is 438 g/mol. The van der Waals surface area contributed by atoms with Gasteiger partial charge < -0.3 is 14.2 Å². The Morgan fingerprint density at radius 3 is 2.30 bits per heavy atom. The number of carbonyl (C=O) groups is 1. The van der Waals surface area contributed by atoms with Crippen molar-refractivity contribution >= 4 is 56.7 Å². The number of ether oxygens (including phenoxy) is 3. The van der Waals surface area contributed by atoms with E-state index in [0.29, 0.717) is 32.0 Å². The first-order valence-corrected chi connectivity index (χ1v) is 10.4. The van der Waals surface area contributed by atoms with E-state index in [0.717, 1.165) is 16.5 Å². The summed E-state index contributed by atoms with van der Waals surface area (Å²) in [6.07, 6.45) is 1.77. The normalized spacial score (nSPS) is 15.2. The van der Waals surface area contributed by atoms with Gasteiger partial charge in [-0.05, 0) is 23.6 Å². The van der Waals surface area contributed by atoms with Gasteiger partial charge in [-0.25, -0.2) is 0 Å². The highest BCUT2D eigenvalue weighted by Gasteiger charge is 2.34. The van der Waals surface area contributed by atoms with E-state index in [1.165, 1.54) is 11.8 Å². The first kappa shape index (κ1) is 20.3. The Morgan fingerprint density at radius 2 is 1.57 bits per heavy atom. The summed E-state index contributed by atoms with van der Waals surface area (Å²) in [5.74, 6) is 1.50. The minimum atomic E-state index is -0.168. The second kappa shape index (κ2) is 8.38. The third-order valence-electron chi connectivity index (χ3n) is 4.82. The lowest BCUT2D eigenvalue weighted by Gasteiger charge is -2.17. The summed E-state index contributed by atoms with van der Waals surface area (Å²) in [5, 5.41) is 2.02. The zero-order chi connectivity index (χ0) is 21.3. The number of anilines is 1. The maximum absolute atomic E-state index is 13.3. The molecule has 0 unspecified atom stereocenters. The number of thiocarbonyl (C=S) groups is 1. The molecule has 0 bridgehead atoms. The monoisotopic (exact) mass is 437 g/mol. The van der Waals surface area contributed by atoms with Gasteiger partial charge in [-0.15, -0.1) is 0 Å². The zero-order valence-corrected chi connectivity index (χ0v) is 18.3. The molecule has 3 aromatic carbocycles. The first-order valence-electron chi connectivity index (χ1n) is 9.13. The maximum atomic E-state index is 13.3. The quantitative estimate of drug-likeness (QED) is 0.400. The molecule has 0 saturated carbocycles. The van der Waals surface area contributed by atoms with Crippen LogP contribution in [0.3, 0.4) is 0 Å². The fourth-order valence-corrected chi connectivity index (χ4v) is 4.66. The van der Waals surface area contributed by atoms with Crippen molar-refractivity contribution in [3.05, 3.63) is 65.1 Å². The molecular weight excluding hydrogens is 418 g/mol. The van der Waals surface area contributed by atoms with Crippen LogP contribution in [0.2, 0.25) is 0 Å². The summed E-state index contributed by atoms with van der Waals surface area (Å²) in [6, 6.07) is 17.3. The highest BCUT2D eigenvalue weighted by molar-refractivity contribution is 8.27. The summed E-state index contributed by atoms with van der Waals surface area (Å²) in [7, 11) is 4.69. The molecule has 1 aliphatic rings. The summed E-state index contributed by atoms with van der Waals surface area (Å²) < 4.78 is 16.7. The van der Waals surface area contributed by atoms with Crippen LogP contribution in [-0.4, -0.2) is 31.6 Å². The standard InChI is InChI=1S/C23H19NO4S2/c1-26-18-13-20(28-3)19(27-2)11-15(18)12-21-22(25)24(23(29)30-21)17-10-6-8-14-7-4-5-9-16(14)17/h4-13H,1-3H3/b21-12-. The summed E-state index contributed by atoms with van der Waals surface area (Å²) in [5.41, 5.74) is 1.48. The van der Waals surface area contributed by atoms with E-state index in [1.807, 2.05) is 42.5 Å². The molecule has 1 aliphatic heterocycles. The maximum Gasteiger partial charge on any atom is 0.270 e. The largest absolute Gasteiger partial charge is 0.496 e. The molecule has 1 amide bonds. The van der Waals surface area contributed by atoms with Crippen molar-refractivity contribution in [1.29, 1.82) is 0 Å². The zero-order valence-electron chi connectivity index (χ0n) is 16.7. The second-order valence-corrected chi connectivity index (χ2v) is 8.14. The van der Waals surface area contributed by atoms with E-state index in [9.17, 15) is 4.79 Å². The fraction of sp³-hybridized carbons (Fsp3) is 0.130. The van der Waals surface area contributed by atoms with Crippen molar-refractivity contribution in [2.75, 3.05) is 26.2 Å². The molecule has 0 spiro atoms. The minimum Gasteiger partial charge on any atom is -0.496 e. The Kier molecular flexibility index (Phi) is 5.65. The lowest BCUT2D eigenvalue weighted by Crippen LogP contribution is -2.27. The number of methoxy groups -OCH3 is 3. The molecule has 152 valence electrons. The van der Waals surface area contributed by atoms with Crippen LogP contribution in [0.1, 0.15) is 5.56 Å². The third-order valence-corrected chi connectivity index (χ3v) is 6.13. The van der Waals surface area contributed by atoms with Gasteiger partial charge in [0.15, 0.2) is 15.8 Å². The van der Waals surface area contributed by atoms with Crippen LogP contribution in [0.25, 0.3) is 16.8 Å². The Hall–Kier alpha value is -3.03. The Labute approximate surface area is 184 Å². The molecule has 1 saturated heterocycles. The Balaban J connectivity index is 1.77. The van der Waals surface area contributed by atoms with Gasteiger partial charge >= 0.3 is 0 Å². The van der Waals surface area contributed by atoms with Gasteiger partial charge in [-0.1, -0.05) is 60.4 Å². The van der Waals surface area contributed by atoms with Crippen LogP contribution < -0.4 is 19.1 Å². The number of rotatable bonds is 5. The number of carbonyl (C=O) groups excluding carboxylic acids is 1. The highest BCUT2D eigenvalue weighted by Crippen LogP contribution is 2.41.